The molecule has 4 aliphatic rings. The molecule has 266 valence electrons. The third-order valence-corrected chi connectivity index (χ3v) is 11.0. The van der Waals surface area contributed by atoms with Crippen LogP contribution in [0.25, 0.3) is 21.8 Å². The number of para-hydroxylation sites is 2. The van der Waals surface area contributed by atoms with E-state index in [1.807, 2.05) is 30.3 Å². The number of amides is 6. The lowest BCUT2D eigenvalue weighted by Gasteiger charge is -2.28. The lowest BCUT2D eigenvalue weighted by atomic mass is 9.97. The van der Waals surface area contributed by atoms with E-state index in [9.17, 15) is 28.0 Å². The summed E-state index contributed by atoms with van der Waals surface area (Å²) in [4.78, 5) is 53.6. The van der Waals surface area contributed by atoms with E-state index in [2.05, 4.69) is 32.7 Å². The van der Waals surface area contributed by atoms with E-state index in [1.165, 1.54) is 29.2 Å². The average Bonchev–Trinajstić information content (AvgIpc) is 3.82. The monoisotopic (exact) mass is 712 g/mol. The summed E-state index contributed by atoms with van der Waals surface area (Å²) in [6.45, 7) is 1.98. The molecule has 2 fully saturated rings. The van der Waals surface area contributed by atoms with Gasteiger partial charge in [0.15, 0.2) is 0 Å². The molecule has 0 bridgehead atoms. The van der Waals surface area contributed by atoms with E-state index in [1.54, 1.807) is 41.1 Å². The molecule has 6 heterocycles. The minimum absolute atomic E-state index is 0.138. The van der Waals surface area contributed by atoms with Gasteiger partial charge in [-0.15, -0.1) is 0 Å². The van der Waals surface area contributed by atoms with Crippen LogP contribution in [0, 0.1) is 11.6 Å². The molecular weight excluding hydrogens is 678 g/mol. The second-order valence-corrected chi connectivity index (χ2v) is 14.0. The van der Waals surface area contributed by atoms with Crippen molar-refractivity contribution in [1.29, 1.82) is 0 Å². The van der Waals surface area contributed by atoms with Gasteiger partial charge in [-0.25, -0.2) is 18.4 Å². The van der Waals surface area contributed by atoms with E-state index < -0.39 is 12.1 Å². The summed E-state index contributed by atoms with van der Waals surface area (Å²) in [5.41, 5.74) is 8.45. The van der Waals surface area contributed by atoms with Crippen molar-refractivity contribution in [3.8, 4) is 0 Å². The molecule has 4 aromatic carbocycles. The highest BCUT2D eigenvalue weighted by molar-refractivity contribution is 6.06. The van der Waals surface area contributed by atoms with E-state index >= 15 is 0 Å². The third-order valence-electron chi connectivity index (χ3n) is 11.0. The Morgan fingerprint density at radius 1 is 0.623 bits per heavy atom. The SMILES string of the molecule is CN1C(=O)C2Cc3c(n(Cc4ccc(F)cc4)c4ccccc34)CN2C1=O.O=C1NC(=O)N2Cc3c(c4ccccc4n3Cc3ccc(F)cc3)C[C@@H]12. The highest BCUT2D eigenvalue weighted by atomic mass is 19.1. The standard InChI is InChI=1S/C21H18FN3O2.C20H16FN3O2/c1-23-20(26)18-10-16-15-4-2-3-5-17(15)24(19(16)12-25(18)21(23)27)11-13-6-8-14(22)9-7-13;21-13-7-5-12(6-8-13)10-23-16-4-2-1-3-14(16)15-9-17-19(25)22-20(26)24(17)11-18(15)23/h2-9,18H,10-12H2,1H3;1-8,17H,9-11H2,(H,22,25,26)/t;17-/m.0/s1. The van der Waals surface area contributed by atoms with Crippen LogP contribution in [0.4, 0.5) is 18.4 Å². The normalized spacial score (nSPS) is 18.9. The number of aromatic nitrogens is 2. The highest BCUT2D eigenvalue weighted by Crippen LogP contribution is 2.37. The molecule has 53 heavy (non-hydrogen) atoms. The number of urea groups is 2. The molecule has 0 saturated carbocycles. The van der Waals surface area contributed by atoms with Crippen LogP contribution in [0.3, 0.4) is 0 Å². The first-order valence-corrected chi connectivity index (χ1v) is 17.5. The van der Waals surface area contributed by atoms with Crippen LogP contribution in [0.1, 0.15) is 33.6 Å². The van der Waals surface area contributed by atoms with Crippen molar-refractivity contribution >= 4 is 45.7 Å². The number of nitrogens with zero attached hydrogens (tertiary/aromatic N) is 5. The molecule has 6 amide bonds. The van der Waals surface area contributed by atoms with E-state index in [0.29, 0.717) is 39.0 Å². The van der Waals surface area contributed by atoms with Gasteiger partial charge in [0.2, 0.25) is 0 Å². The molecule has 6 aromatic rings. The molecule has 4 aliphatic heterocycles. The molecule has 0 radical (unpaired) electrons. The van der Waals surface area contributed by atoms with Crippen LogP contribution in [0.5, 0.6) is 0 Å². The zero-order valence-corrected chi connectivity index (χ0v) is 28.8. The molecule has 10 rings (SSSR count). The largest absolute Gasteiger partial charge is 0.338 e. The van der Waals surface area contributed by atoms with Crippen LogP contribution in [-0.4, -0.2) is 66.8 Å². The van der Waals surface area contributed by atoms with Crippen molar-refractivity contribution in [2.45, 2.75) is 51.1 Å². The number of carbonyl (C=O) groups is 4. The van der Waals surface area contributed by atoms with Crippen LogP contribution >= 0.6 is 0 Å². The average molecular weight is 713 g/mol. The molecule has 2 saturated heterocycles. The Labute approximate surface area is 302 Å². The Morgan fingerprint density at radius 2 is 1.09 bits per heavy atom. The van der Waals surface area contributed by atoms with Crippen molar-refractivity contribution in [1.82, 2.24) is 29.2 Å². The summed E-state index contributed by atoms with van der Waals surface area (Å²) < 4.78 is 30.9. The quantitative estimate of drug-likeness (QED) is 0.229. The molecule has 0 aliphatic carbocycles. The second-order valence-electron chi connectivity index (χ2n) is 14.0. The number of likely N-dealkylation sites (N-methyl/N-ethyl adjacent to an activating group) is 1. The van der Waals surface area contributed by atoms with Gasteiger partial charge in [0, 0.05) is 66.2 Å². The van der Waals surface area contributed by atoms with Gasteiger partial charge in [0.25, 0.3) is 11.8 Å². The number of imide groups is 2. The maximum Gasteiger partial charge on any atom is 0.327 e. The summed E-state index contributed by atoms with van der Waals surface area (Å²) in [6.07, 6.45) is 1.05. The lowest BCUT2D eigenvalue weighted by Crippen LogP contribution is -2.40. The summed E-state index contributed by atoms with van der Waals surface area (Å²) >= 11 is 0. The fourth-order valence-corrected chi connectivity index (χ4v) is 8.37. The van der Waals surface area contributed by atoms with Gasteiger partial charge < -0.3 is 18.9 Å². The summed E-state index contributed by atoms with van der Waals surface area (Å²) in [5.74, 6) is -0.884. The molecule has 0 spiro atoms. The number of fused-ring (bicyclic) bond motifs is 8. The minimum atomic E-state index is -0.430. The molecule has 2 aromatic heterocycles. The summed E-state index contributed by atoms with van der Waals surface area (Å²) in [7, 11) is 1.54. The Kier molecular flexibility index (Phi) is 7.65. The fourth-order valence-electron chi connectivity index (χ4n) is 8.37. The number of hydrogen-bond acceptors (Lipinski definition) is 4. The molecular formula is C41H34F2N6O4. The first kappa shape index (κ1) is 32.6. The minimum Gasteiger partial charge on any atom is -0.338 e. The first-order valence-electron chi connectivity index (χ1n) is 17.5. The van der Waals surface area contributed by atoms with Crippen molar-refractivity contribution in [3.05, 3.63) is 142 Å². The van der Waals surface area contributed by atoms with Gasteiger partial charge in [-0.05, 0) is 58.7 Å². The fraction of sp³-hybridized carbons (Fsp3) is 0.220. The zero-order chi connectivity index (χ0) is 36.5. The number of hydrogen-bond donors (Lipinski definition) is 1. The lowest BCUT2D eigenvalue weighted by molar-refractivity contribution is -0.127. The summed E-state index contributed by atoms with van der Waals surface area (Å²) in [6, 6.07) is 27.7. The van der Waals surface area contributed by atoms with E-state index in [0.717, 1.165) is 55.4 Å². The van der Waals surface area contributed by atoms with Crippen LogP contribution in [0.15, 0.2) is 97.1 Å². The molecule has 1 N–H and O–H groups in total. The maximum atomic E-state index is 13.3. The third kappa shape index (κ3) is 5.35. The van der Waals surface area contributed by atoms with Crippen molar-refractivity contribution in [2.24, 2.45) is 0 Å². The van der Waals surface area contributed by atoms with E-state index in [4.69, 9.17) is 0 Å². The smallest absolute Gasteiger partial charge is 0.327 e. The number of carbonyl (C=O) groups excluding carboxylic acids is 4. The van der Waals surface area contributed by atoms with Gasteiger partial charge >= 0.3 is 12.1 Å². The van der Waals surface area contributed by atoms with Gasteiger partial charge in [-0.3, -0.25) is 19.8 Å². The second kappa shape index (κ2) is 12.4. The number of rotatable bonds is 4. The van der Waals surface area contributed by atoms with Crippen molar-refractivity contribution < 1.29 is 28.0 Å². The number of nitrogens with one attached hydrogen (secondary N) is 1. The van der Waals surface area contributed by atoms with Crippen molar-refractivity contribution in [3.63, 3.8) is 0 Å². The number of benzene rings is 4. The Morgan fingerprint density at radius 3 is 1.62 bits per heavy atom. The molecule has 12 heteroatoms. The predicted molar refractivity (Wildman–Crippen MR) is 193 cm³/mol. The Hall–Kier alpha value is -6.30. The molecule has 1 unspecified atom stereocenters. The van der Waals surface area contributed by atoms with E-state index in [-0.39, 0.29) is 35.5 Å². The number of halogens is 2. The molecule has 10 nitrogen and oxygen atoms in total. The topological polar surface area (TPSA) is 99.9 Å². The van der Waals surface area contributed by atoms with Gasteiger partial charge in [0.1, 0.15) is 23.7 Å². The Bertz CT molecular complexity index is 2490. The van der Waals surface area contributed by atoms with Crippen LogP contribution in [-0.2, 0) is 48.6 Å². The maximum absolute atomic E-state index is 13.3. The van der Waals surface area contributed by atoms with Gasteiger partial charge in [-0.2, -0.15) is 0 Å². The summed E-state index contributed by atoms with van der Waals surface area (Å²) in [5, 5.41) is 4.63. The van der Waals surface area contributed by atoms with Crippen LogP contribution < -0.4 is 5.32 Å². The predicted octanol–water partition coefficient (Wildman–Crippen LogP) is 5.95. The van der Waals surface area contributed by atoms with Gasteiger partial charge in [-0.1, -0.05) is 60.7 Å². The van der Waals surface area contributed by atoms with Crippen LogP contribution in [0.2, 0.25) is 0 Å². The van der Waals surface area contributed by atoms with Gasteiger partial charge in [0.05, 0.1) is 13.1 Å². The first-order chi connectivity index (χ1) is 25.7. The zero-order valence-electron chi connectivity index (χ0n) is 28.8. The van der Waals surface area contributed by atoms with Crippen molar-refractivity contribution in [2.75, 3.05) is 7.05 Å². The highest BCUT2D eigenvalue weighted by Gasteiger charge is 2.47. The molecule has 2 atom stereocenters. The Balaban J connectivity index is 0.000000141.